The van der Waals surface area contributed by atoms with Gasteiger partial charge in [0.15, 0.2) is 0 Å². The van der Waals surface area contributed by atoms with Crippen LogP contribution in [0, 0.1) is 11.7 Å². The Labute approximate surface area is 115 Å². The van der Waals surface area contributed by atoms with Crippen molar-refractivity contribution in [1.29, 1.82) is 0 Å². The molecule has 0 bridgehead atoms. The van der Waals surface area contributed by atoms with Gasteiger partial charge in [0.25, 0.3) is 0 Å². The summed E-state index contributed by atoms with van der Waals surface area (Å²) >= 11 is 5.98. The van der Waals surface area contributed by atoms with Crippen molar-refractivity contribution in [1.82, 2.24) is 15.5 Å². The van der Waals surface area contributed by atoms with Gasteiger partial charge in [-0.3, -0.25) is 0 Å². The number of hydrogen-bond donors (Lipinski definition) is 1. The van der Waals surface area contributed by atoms with Crippen molar-refractivity contribution in [2.75, 3.05) is 13.1 Å². The van der Waals surface area contributed by atoms with Gasteiger partial charge in [0.05, 0.1) is 5.02 Å². The summed E-state index contributed by atoms with van der Waals surface area (Å²) in [4.78, 5) is 4.36. The van der Waals surface area contributed by atoms with E-state index >= 15 is 0 Å². The van der Waals surface area contributed by atoms with Crippen LogP contribution in [0.5, 0.6) is 0 Å². The molecule has 1 aliphatic heterocycles. The van der Waals surface area contributed by atoms with Crippen LogP contribution >= 0.6 is 11.6 Å². The summed E-state index contributed by atoms with van der Waals surface area (Å²) in [5.74, 6) is 1.35. The smallest absolute Gasteiger partial charge is 0.230 e. The molecule has 6 heteroatoms. The fourth-order valence-corrected chi connectivity index (χ4v) is 2.32. The molecule has 1 fully saturated rings. The number of halogens is 2. The largest absolute Gasteiger partial charge is 0.339 e. The highest BCUT2D eigenvalue weighted by molar-refractivity contribution is 6.33. The van der Waals surface area contributed by atoms with E-state index in [4.69, 9.17) is 16.1 Å². The Morgan fingerprint density at radius 2 is 2.26 bits per heavy atom. The standard InChI is InChI=1S/C13H13ClFN3O/c1-7(8-5-16-6-8)13-17-12(18-19-13)10-3-2-9(15)4-11(10)14/h2-4,7-8,16H,5-6H2,1H3. The van der Waals surface area contributed by atoms with Gasteiger partial charge < -0.3 is 9.84 Å². The maximum absolute atomic E-state index is 13.0. The second-order valence-corrected chi connectivity index (χ2v) is 5.19. The number of nitrogens with one attached hydrogen (secondary N) is 1. The zero-order chi connectivity index (χ0) is 13.4. The molecule has 1 atom stereocenters. The minimum atomic E-state index is -0.383. The first-order valence-electron chi connectivity index (χ1n) is 6.15. The average molecular weight is 282 g/mol. The van der Waals surface area contributed by atoms with Crippen molar-refractivity contribution >= 4 is 11.6 Å². The van der Waals surface area contributed by atoms with E-state index < -0.39 is 0 Å². The van der Waals surface area contributed by atoms with Crippen molar-refractivity contribution in [3.63, 3.8) is 0 Å². The van der Waals surface area contributed by atoms with Crippen LogP contribution in [0.25, 0.3) is 11.4 Å². The van der Waals surface area contributed by atoms with E-state index in [1.165, 1.54) is 12.1 Å². The first-order valence-corrected chi connectivity index (χ1v) is 6.52. The Hall–Kier alpha value is -1.46. The minimum Gasteiger partial charge on any atom is -0.339 e. The summed E-state index contributed by atoms with van der Waals surface area (Å²) in [6.45, 7) is 4.00. The molecule has 3 rings (SSSR count). The maximum atomic E-state index is 13.0. The molecule has 2 heterocycles. The van der Waals surface area contributed by atoms with Crippen molar-refractivity contribution in [3.05, 3.63) is 34.9 Å². The third-order valence-electron chi connectivity index (χ3n) is 3.52. The second-order valence-electron chi connectivity index (χ2n) is 4.79. The molecule has 19 heavy (non-hydrogen) atoms. The van der Waals surface area contributed by atoms with Crippen molar-refractivity contribution in [3.8, 4) is 11.4 Å². The first kappa shape index (κ1) is 12.6. The van der Waals surface area contributed by atoms with Crippen molar-refractivity contribution < 1.29 is 8.91 Å². The monoisotopic (exact) mass is 281 g/mol. The summed E-state index contributed by atoms with van der Waals surface area (Å²) in [6.07, 6.45) is 0. The summed E-state index contributed by atoms with van der Waals surface area (Å²) in [5.41, 5.74) is 0.581. The lowest BCUT2D eigenvalue weighted by molar-refractivity contribution is 0.252. The van der Waals surface area contributed by atoms with Crippen molar-refractivity contribution in [2.45, 2.75) is 12.8 Å². The van der Waals surface area contributed by atoms with E-state index in [1.54, 1.807) is 6.07 Å². The van der Waals surface area contributed by atoms with E-state index in [1.807, 2.05) is 0 Å². The number of aromatic nitrogens is 2. The molecule has 1 saturated heterocycles. The molecule has 100 valence electrons. The summed E-state index contributed by atoms with van der Waals surface area (Å²) in [5, 5.41) is 7.42. The van der Waals surface area contributed by atoms with Gasteiger partial charge in [-0.1, -0.05) is 23.7 Å². The molecular formula is C13H13ClFN3O. The first-order chi connectivity index (χ1) is 9.15. The van der Waals surface area contributed by atoms with Crippen LogP contribution in [-0.4, -0.2) is 23.2 Å². The van der Waals surface area contributed by atoms with Crippen LogP contribution in [-0.2, 0) is 0 Å². The van der Waals surface area contributed by atoms with Gasteiger partial charge in [0.2, 0.25) is 11.7 Å². The molecule has 1 N–H and O–H groups in total. The quantitative estimate of drug-likeness (QED) is 0.940. The molecule has 1 aromatic carbocycles. The van der Waals surface area contributed by atoms with Crippen LogP contribution in [0.1, 0.15) is 18.7 Å². The van der Waals surface area contributed by atoms with E-state index in [9.17, 15) is 4.39 Å². The van der Waals surface area contributed by atoms with Gasteiger partial charge >= 0.3 is 0 Å². The zero-order valence-corrected chi connectivity index (χ0v) is 11.1. The number of benzene rings is 1. The van der Waals surface area contributed by atoms with Gasteiger partial charge in [0, 0.05) is 11.5 Å². The number of nitrogens with zero attached hydrogens (tertiary/aromatic N) is 2. The summed E-state index contributed by atoms with van der Waals surface area (Å²) in [7, 11) is 0. The molecule has 0 aliphatic carbocycles. The Kier molecular flexibility index (Phi) is 3.24. The highest BCUT2D eigenvalue weighted by Crippen LogP contribution is 2.30. The van der Waals surface area contributed by atoms with E-state index in [0.717, 1.165) is 13.1 Å². The number of hydrogen-bond acceptors (Lipinski definition) is 4. The Morgan fingerprint density at radius 1 is 1.47 bits per heavy atom. The molecule has 4 nitrogen and oxygen atoms in total. The molecular weight excluding hydrogens is 269 g/mol. The molecule has 1 aromatic heterocycles. The van der Waals surface area contributed by atoms with Crippen molar-refractivity contribution in [2.24, 2.45) is 5.92 Å². The van der Waals surface area contributed by atoms with Gasteiger partial charge in [-0.15, -0.1) is 0 Å². The normalized spacial score (nSPS) is 17.2. The third-order valence-corrected chi connectivity index (χ3v) is 3.84. The van der Waals surface area contributed by atoms with Crippen LogP contribution in [0.15, 0.2) is 22.7 Å². The Bertz CT molecular complexity index is 597. The highest BCUT2D eigenvalue weighted by atomic mass is 35.5. The van der Waals surface area contributed by atoms with Gasteiger partial charge in [-0.25, -0.2) is 4.39 Å². The molecule has 1 unspecified atom stereocenters. The average Bonchev–Trinajstić information content (AvgIpc) is 2.75. The minimum absolute atomic E-state index is 0.210. The topological polar surface area (TPSA) is 51.0 Å². The lowest BCUT2D eigenvalue weighted by Gasteiger charge is -2.30. The highest BCUT2D eigenvalue weighted by Gasteiger charge is 2.29. The van der Waals surface area contributed by atoms with Gasteiger partial charge in [-0.05, 0) is 37.2 Å². The Balaban J connectivity index is 1.87. The van der Waals surface area contributed by atoms with E-state index in [2.05, 4.69) is 22.4 Å². The molecule has 1 aliphatic rings. The fraction of sp³-hybridized carbons (Fsp3) is 0.385. The summed E-state index contributed by atoms with van der Waals surface area (Å²) < 4.78 is 18.3. The van der Waals surface area contributed by atoms with Gasteiger partial charge in [-0.2, -0.15) is 4.98 Å². The Morgan fingerprint density at radius 3 is 2.89 bits per heavy atom. The second kappa shape index (κ2) is 4.90. The fourth-order valence-electron chi connectivity index (χ4n) is 2.07. The molecule has 0 radical (unpaired) electrons. The lowest BCUT2D eigenvalue weighted by atomic mass is 9.89. The van der Waals surface area contributed by atoms with E-state index in [0.29, 0.717) is 23.2 Å². The predicted molar refractivity (Wildman–Crippen MR) is 69.5 cm³/mol. The SMILES string of the molecule is CC(c1nc(-c2ccc(F)cc2Cl)no1)C1CNC1. The third kappa shape index (κ3) is 2.35. The maximum Gasteiger partial charge on any atom is 0.230 e. The van der Waals surface area contributed by atoms with Crippen LogP contribution in [0.4, 0.5) is 4.39 Å². The molecule has 0 saturated carbocycles. The lowest BCUT2D eigenvalue weighted by Crippen LogP contribution is -2.44. The number of rotatable bonds is 3. The van der Waals surface area contributed by atoms with Crippen LogP contribution < -0.4 is 5.32 Å². The van der Waals surface area contributed by atoms with Crippen LogP contribution in [0.3, 0.4) is 0 Å². The predicted octanol–water partition coefficient (Wildman–Crippen LogP) is 2.85. The zero-order valence-electron chi connectivity index (χ0n) is 10.4. The molecule has 2 aromatic rings. The van der Waals surface area contributed by atoms with E-state index in [-0.39, 0.29) is 16.8 Å². The molecule has 0 spiro atoms. The van der Waals surface area contributed by atoms with Crippen LogP contribution in [0.2, 0.25) is 5.02 Å². The molecule has 0 amide bonds. The van der Waals surface area contributed by atoms with Gasteiger partial charge in [0.1, 0.15) is 5.82 Å². The summed E-state index contributed by atoms with van der Waals surface area (Å²) in [6, 6.07) is 4.13.